The number of hydrogen-bond acceptors (Lipinski definition) is 5. The molecule has 0 N–H and O–H groups in total. The standard InChI is InChI=1S/C13H22N4O2/c1-11-8-12(19-14-11)9-16-4-6-17(7-5-16)10-13(18)15(2)3/h8H,4-7,9-10H2,1-3H3. The zero-order valence-electron chi connectivity index (χ0n) is 11.9. The lowest BCUT2D eigenvalue weighted by Crippen LogP contribution is -2.48. The number of carbonyl (C=O) groups is 1. The molecule has 1 fully saturated rings. The Morgan fingerprint density at radius 2 is 1.95 bits per heavy atom. The molecule has 0 aliphatic carbocycles. The number of amides is 1. The Bertz CT molecular complexity index is 422. The number of rotatable bonds is 4. The average molecular weight is 266 g/mol. The second-order valence-electron chi connectivity index (χ2n) is 5.28. The Morgan fingerprint density at radius 1 is 1.32 bits per heavy atom. The predicted molar refractivity (Wildman–Crippen MR) is 71.7 cm³/mol. The fourth-order valence-corrected chi connectivity index (χ4v) is 2.15. The van der Waals surface area contributed by atoms with E-state index in [1.807, 2.05) is 13.0 Å². The topological polar surface area (TPSA) is 52.8 Å². The van der Waals surface area contributed by atoms with Gasteiger partial charge in [0.2, 0.25) is 5.91 Å². The van der Waals surface area contributed by atoms with Crippen molar-refractivity contribution < 1.29 is 9.32 Å². The molecule has 1 aliphatic rings. The average Bonchev–Trinajstić information content (AvgIpc) is 2.77. The maximum Gasteiger partial charge on any atom is 0.236 e. The second-order valence-corrected chi connectivity index (χ2v) is 5.28. The summed E-state index contributed by atoms with van der Waals surface area (Å²) in [6.45, 7) is 7.01. The van der Waals surface area contributed by atoms with E-state index >= 15 is 0 Å². The first-order chi connectivity index (χ1) is 9.04. The number of hydrogen-bond donors (Lipinski definition) is 0. The molecule has 0 bridgehead atoms. The van der Waals surface area contributed by atoms with Gasteiger partial charge in [0.15, 0.2) is 5.76 Å². The number of carbonyl (C=O) groups excluding carboxylic acids is 1. The Balaban J connectivity index is 1.75. The normalized spacial score (nSPS) is 17.6. The van der Waals surface area contributed by atoms with E-state index in [2.05, 4.69) is 15.0 Å². The van der Waals surface area contributed by atoms with Crippen LogP contribution in [0.5, 0.6) is 0 Å². The maximum atomic E-state index is 11.6. The Kier molecular flexibility index (Phi) is 4.55. The Morgan fingerprint density at radius 3 is 2.47 bits per heavy atom. The van der Waals surface area contributed by atoms with Gasteiger partial charge in [-0.05, 0) is 6.92 Å². The van der Waals surface area contributed by atoms with Gasteiger partial charge in [0, 0.05) is 46.3 Å². The molecule has 0 spiro atoms. The SMILES string of the molecule is Cc1cc(CN2CCN(CC(=O)N(C)C)CC2)on1. The zero-order valence-corrected chi connectivity index (χ0v) is 11.9. The zero-order chi connectivity index (χ0) is 13.8. The molecule has 0 radical (unpaired) electrons. The van der Waals surface area contributed by atoms with Crippen LogP contribution in [0.2, 0.25) is 0 Å². The molecule has 106 valence electrons. The van der Waals surface area contributed by atoms with Gasteiger partial charge in [-0.1, -0.05) is 5.16 Å². The molecule has 1 aromatic rings. The van der Waals surface area contributed by atoms with Crippen molar-refractivity contribution in [2.45, 2.75) is 13.5 Å². The summed E-state index contributed by atoms with van der Waals surface area (Å²) >= 11 is 0. The number of nitrogens with zero attached hydrogens (tertiary/aromatic N) is 4. The Labute approximate surface area is 113 Å². The smallest absolute Gasteiger partial charge is 0.236 e. The highest BCUT2D eigenvalue weighted by atomic mass is 16.5. The molecular weight excluding hydrogens is 244 g/mol. The van der Waals surface area contributed by atoms with Crippen molar-refractivity contribution in [3.05, 3.63) is 17.5 Å². The van der Waals surface area contributed by atoms with E-state index < -0.39 is 0 Å². The predicted octanol–water partition coefficient (Wildman–Crippen LogP) is 0.189. The third kappa shape index (κ3) is 4.04. The van der Waals surface area contributed by atoms with Crippen molar-refractivity contribution in [2.24, 2.45) is 0 Å². The van der Waals surface area contributed by atoms with Crippen LogP contribution < -0.4 is 0 Å². The first kappa shape index (κ1) is 14.0. The lowest BCUT2D eigenvalue weighted by molar-refractivity contribution is -0.130. The fraction of sp³-hybridized carbons (Fsp3) is 0.692. The van der Waals surface area contributed by atoms with Crippen molar-refractivity contribution in [1.29, 1.82) is 0 Å². The van der Waals surface area contributed by atoms with Crippen molar-refractivity contribution in [1.82, 2.24) is 19.9 Å². The number of aryl methyl sites for hydroxylation is 1. The minimum atomic E-state index is 0.166. The summed E-state index contributed by atoms with van der Waals surface area (Å²) in [5.74, 6) is 1.08. The molecular formula is C13H22N4O2. The van der Waals surface area contributed by atoms with Crippen LogP contribution in [0.4, 0.5) is 0 Å². The molecule has 1 aromatic heterocycles. The van der Waals surface area contributed by atoms with Gasteiger partial charge in [0.25, 0.3) is 0 Å². The minimum absolute atomic E-state index is 0.166. The van der Waals surface area contributed by atoms with Gasteiger partial charge < -0.3 is 9.42 Å². The van der Waals surface area contributed by atoms with E-state index in [9.17, 15) is 4.79 Å². The van der Waals surface area contributed by atoms with Gasteiger partial charge >= 0.3 is 0 Å². The minimum Gasteiger partial charge on any atom is -0.360 e. The van der Waals surface area contributed by atoms with Crippen LogP contribution in [0.25, 0.3) is 0 Å². The molecule has 1 saturated heterocycles. The molecule has 1 amide bonds. The van der Waals surface area contributed by atoms with Gasteiger partial charge in [-0.2, -0.15) is 0 Å². The maximum absolute atomic E-state index is 11.6. The van der Waals surface area contributed by atoms with Crippen LogP contribution in [0.1, 0.15) is 11.5 Å². The molecule has 6 heteroatoms. The van der Waals surface area contributed by atoms with E-state index in [-0.39, 0.29) is 5.91 Å². The monoisotopic (exact) mass is 266 g/mol. The molecule has 0 saturated carbocycles. The van der Waals surface area contributed by atoms with Crippen LogP contribution in [0.15, 0.2) is 10.6 Å². The van der Waals surface area contributed by atoms with E-state index in [1.54, 1.807) is 19.0 Å². The third-order valence-corrected chi connectivity index (χ3v) is 3.38. The molecule has 0 atom stereocenters. The molecule has 0 aromatic carbocycles. The van der Waals surface area contributed by atoms with E-state index in [4.69, 9.17) is 4.52 Å². The molecule has 2 rings (SSSR count). The lowest BCUT2D eigenvalue weighted by Gasteiger charge is -2.34. The summed E-state index contributed by atoms with van der Waals surface area (Å²) in [5.41, 5.74) is 0.921. The third-order valence-electron chi connectivity index (χ3n) is 3.38. The molecule has 0 unspecified atom stereocenters. The first-order valence-electron chi connectivity index (χ1n) is 6.61. The number of piperazine rings is 1. The van der Waals surface area contributed by atoms with Crippen LogP contribution in [0.3, 0.4) is 0 Å². The first-order valence-corrected chi connectivity index (χ1v) is 6.61. The highest BCUT2D eigenvalue weighted by Crippen LogP contribution is 2.09. The second kappa shape index (κ2) is 6.16. The van der Waals surface area contributed by atoms with Gasteiger partial charge in [-0.15, -0.1) is 0 Å². The van der Waals surface area contributed by atoms with E-state index in [1.165, 1.54) is 0 Å². The fourth-order valence-electron chi connectivity index (χ4n) is 2.15. The van der Waals surface area contributed by atoms with Crippen LogP contribution in [-0.2, 0) is 11.3 Å². The summed E-state index contributed by atoms with van der Waals surface area (Å²) < 4.78 is 5.22. The molecule has 2 heterocycles. The summed E-state index contributed by atoms with van der Waals surface area (Å²) in [5, 5.41) is 3.89. The van der Waals surface area contributed by atoms with E-state index in [0.717, 1.165) is 44.2 Å². The van der Waals surface area contributed by atoms with Gasteiger partial charge in [-0.3, -0.25) is 14.6 Å². The van der Waals surface area contributed by atoms with E-state index in [0.29, 0.717) is 6.54 Å². The summed E-state index contributed by atoms with van der Waals surface area (Å²) in [7, 11) is 3.59. The lowest BCUT2D eigenvalue weighted by atomic mass is 10.3. The van der Waals surface area contributed by atoms with Gasteiger partial charge in [0.05, 0.1) is 18.8 Å². The van der Waals surface area contributed by atoms with Crippen LogP contribution >= 0.6 is 0 Å². The molecule has 1 aliphatic heterocycles. The largest absolute Gasteiger partial charge is 0.360 e. The van der Waals surface area contributed by atoms with Crippen LogP contribution in [0, 0.1) is 6.92 Å². The molecule has 19 heavy (non-hydrogen) atoms. The van der Waals surface area contributed by atoms with Gasteiger partial charge in [0.1, 0.15) is 0 Å². The highest BCUT2D eigenvalue weighted by Gasteiger charge is 2.20. The van der Waals surface area contributed by atoms with Crippen molar-refractivity contribution in [2.75, 3.05) is 46.8 Å². The quantitative estimate of drug-likeness (QED) is 0.778. The summed E-state index contributed by atoms with van der Waals surface area (Å²) in [6.07, 6.45) is 0. The molecule has 6 nitrogen and oxygen atoms in total. The van der Waals surface area contributed by atoms with Crippen molar-refractivity contribution in [3.8, 4) is 0 Å². The van der Waals surface area contributed by atoms with Crippen LogP contribution in [-0.4, -0.2) is 72.6 Å². The Hall–Kier alpha value is -1.40. The van der Waals surface area contributed by atoms with Crippen molar-refractivity contribution >= 4 is 5.91 Å². The number of likely N-dealkylation sites (N-methyl/N-ethyl adjacent to an activating group) is 1. The summed E-state index contributed by atoms with van der Waals surface area (Å²) in [4.78, 5) is 17.8. The van der Waals surface area contributed by atoms with Crippen molar-refractivity contribution in [3.63, 3.8) is 0 Å². The number of aromatic nitrogens is 1. The summed E-state index contributed by atoms with van der Waals surface area (Å²) in [6, 6.07) is 1.97. The van der Waals surface area contributed by atoms with Gasteiger partial charge in [-0.25, -0.2) is 0 Å². The highest BCUT2D eigenvalue weighted by molar-refractivity contribution is 5.77.